The van der Waals surface area contributed by atoms with Gasteiger partial charge < -0.3 is 10.6 Å². The van der Waals surface area contributed by atoms with Gasteiger partial charge in [0, 0.05) is 48.8 Å². The number of hydrogen-bond donors (Lipinski definition) is 3. The maximum absolute atomic E-state index is 12.3. The van der Waals surface area contributed by atoms with Crippen LogP contribution in [0.15, 0.2) is 18.5 Å². The van der Waals surface area contributed by atoms with Gasteiger partial charge in [0.25, 0.3) is 5.91 Å². The number of carbonyl (C=O) groups excluding carboxylic acids is 1. The van der Waals surface area contributed by atoms with Crippen molar-refractivity contribution in [2.24, 2.45) is 0 Å². The Kier molecular flexibility index (Phi) is 6.14. The maximum Gasteiger partial charge on any atom is 0.276 e. The molecule has 3 rings (SSSR count). The highest BCUT2D eigenvalue weighted by atomic mass is 35.5. The number of halogens is 2. The number of pyridine rings is 1. The second-order valence-electron chi connectivity index (χ2n) is 4.60. The Hall–Kier alpha value is -1.63. The zero-order valence-corrected chi connectivity index (χ0v) is 13.1. The molecule has 0 saturated heterocycles. The molecule has 0 atom stereocenters. The molecule has 114 valence electrons. The van der Waals surface area contributed by atoms with Gasteiger partial charge in [-0.2, -0.15) is 5.10 Å². The van der Waals surface area contributed by atoms with E-state index < -0.39 is 0 Å². The van der Waals surface area contributed by atoms with Gasteiger partial charge in [0.15, 0.2) is 5.69 Å². The number of nitrogens with zero attached hydrogens (tertiary/aromatic N) is 2. The highest BCUT2D eigenvalue weighted by molar-refractivity contribution is 6.04. The van der Waals surface area contributed by atoms with E-state index in [1.54, 1.807) is 18.5 Å². The van der Waals surface area contributed by atoms with E-state index in [2.05, 4.69) is 25.8 Å². The summed E-state index contributed by atoms with van der Waals surface area (Å²) in [4.78, 5) is 16.3. The van der Waals surface area contributed by atoms with Crippen LogP contribution in [0, 0.1) is 6.92 Å². The molecule has 0 unspecified atom stereocenters. The summed E-state index contributed by atoms with van der Waals surface area (Å²) in [6, 6.07) is 1.78. The molecule has 21 heavy (non-hydrogen) atoms. The highest BCUT2D eigenvalue weighted by Gasteiger charge is 2.21. The molecule has 0 aliphatic carbocycles. The van der Waals surface area contributed by atoms with Crippen LogP contribution in [0.1, 0.15) is 27.3 Å². The van der Waals surface area contributed by atoms with Crippen molar-refractivity contribution in [1.82, 2.24) is 20.5 Å². The number of fused-ring (bicyclic) bond motifs is 1. The summed E-state index contributed by atoms with van der Waals surface area (Å²) in [5.74, 6) is -0.185. The third-order valence-electron chi connectivity index (χ3n) is 3.29. The van der Waals surface area contributed by atoms with E-state index in [9.17, 15) is 4.79 Å². The third-order valence-corrected chi connectivity index (χ3v) is 3.29. The van der Waals surface area contributed by atoms with Crippen LogP contribution in [0.5, 0.6) is 0 Å². The molecule has 1 amide bonds. The summed E-state index contributed by atoms with van der Waals surface area (Å²) < 4.78 is 0. The molecule has 3 heterocycles. The second-order valence-corrected chi connectivity index (χ2v) is 4.60. The zero-order chi connectivity index (χ0) is 13.2. The van der Waals surface area contributed by atoms with Crippen molar-refractivity contribution in [3.63, 3.8) is 0 Å². The minimum Gasteiger partial charge on any atom is -0.320 e. The van der Waals surface area contributed by atoms with Crippen LogP contribution < -0.4 is 10.6 Å². The minimum absolute atomic E-state index is 0. The van der Waals surface area contributed by atoms with Crippen molar-refractivity contribution in [2.75, 3.05) is 11.9 Å². The van der Waals surface area contributed by atoms with Crippen LogP contribution in [0.25, 0.3) is 0 Å². The smallest absolute Gasteiger partial charge is 0.276 e. The van der Waals surface area contributed by atoms with Gasteiger partial charge in [-0.3, -0.25) is 14.9 Å². The first kappa shape index (κ1) is 17.4. The summed E-state index contributed by atoms with van der Waals surface area (Å²) >= 11 is 0. The molecule has 2 aromatic rings. The van der Waals surface area contributed by atoms with Crippen molar-refractivity contribution >= 4 is 36.4 Å². The van der Waals surface area contributed by atoms with Gasteiger partial charge in [0.2, 0.25) is 0 Å². The number of amides is 1. The Morgan fingerprint density at radius 2 is 2.19 bits per heavy atom. The molecular formula is C13H17Cl2N5O. The van der Waals surface area contributed by atoms with Crippen LogP contribution >= 0.6 is 24.8 Å². The van der Waals surface area contributed by atoms with Crippen LogP contribution in [0.4, 0.5) is 5.69 Å². The number of rotatable bonds is 2. The average Bonchev–Trinajstić information content (AvgIpc) is 2.85. The number of aryl methyl sites for hydroxylation is 1. The van der Waals surface area contributed by atoms with Gasteiger partial charge in [-0.05, 0) is 18.6 Å². The number of carbonyl (C=O) groups is 1. The Labute approximate surface area is 134 Å². The predicted molar refractivity (Wildman–Crippen MR) is 85.4 cm³/mol. The van der Waals surface area contributed by atoms with Crippen LogP contribution in [0.3, 0.4) is 0 Å². The van der Waals surface area contributed by atoms with Crippen LogP contribution in [0.2, 0.25) is 0 Å². The number of H-pyrrole nitrogens is 1. The molecular weight excluding hydrogens is 313 g/mol. The van der Waals surface area contributed by atoms with Crippen molar-refractivity contribution in [2.45, 2.75) is 19.9 Å². The number of anilines is 1. The van der Waals surface area contributed by atoms with Crippen molar-refractivity contribution < 1.29 is 4.79 Å². The van der Waals surface area contributed by atoms with Gasteiger partial charge >= 0.3 is 0 Å². The molecule has 0 bridgehead atoms. The summed E-state index contributed by atoms with van der Waals surface area (Å²) in [5.41, 5.74) is 4.18. The molecule has 0 fully saturated rings. The van der Waals surface area contributed by atoms with Gasteiger partial charge in [-0.1, -0.05) is 0 Å². The number of hydrogen-bond acceptors (Lipinski definition) is 4. The highest BCUT2D eigenvalue weighted by Crippen LogP contribution is 2.18. The Morgan fingerprint density at radius 3 is 2.95 bits per heavy atom. The molecule has 0 aromatic carbocycles. The standard InChI is InChI=1S/C13H15N5O.2ClH/c1-8-6-14-4-2-10(8)16-13(19)12-9-7-15-5-3-11(9)17-18-12;;/h2,4,6,15H,3,5,7H2,1H3,(H,17,18)(H,14,16,19);2*1H. The van der Waals surface area contributed by atoms with Crippen molar-refractivity contribution in [1.29, 1.82) is 0 Å². The fraction of sp³-hybridized carbons (Fsp3) is 0.308. The molecule has 3 N–H and O–H groups in total. The van der Waals surface area contributed by atoms with Crippen molar-refractivity contribution in [3.05, 3.63) is 41.0 Å². The number of nitrogens with one attached hydrogen (secondary N) is 3. The summed E-state index contributed by atoms with van der Waals surface area (Å²) in [5, 5.41) is 13.2. The van der Waals surface area contributed by atoms with E-state index in [1.807, 2.05) is 6.92 Å². The van der Waals surface area contributed by atoms with Gasteiger partial charge in [0.1, 0.15) is 0 Å². The predicted octanol–water partition coefficient (Wildman–Crippen LogP) is 1.85. The van der Waals surface area contributed by atoms with E-state index in [4.69, 9.17) is 0 Å². The van der Waals surface area contributed by atoms with Gasteiger partial charge in [-0.15, -0.1) is 24.8 Å². The van der Waals surface area contributed by atoms with E-state index in [1.165, 1.54) is 0 Å². The van der Waals surface area contributed by atoms with E-state index >= 15 is 0 Å². The van der Waals surface area contributed by atoms with E-state index in [-0.39, 0.29) is 30.7 Å². The first-order chi connectivity index (χ1) is 9.25. The second kappa shape index (κ2) is 7.40. The Balaban J connectivity index is 0.00000110. The largest absolute Gasteiger partial charge is 0.320 e. The van der Waals surface area contributed by atoms with Gasteiger partial charge in [0.05, 0.1) is 0 Å². The van der Waals surface area contributed by atoms with Gasteiger partial charge in [-0.25, -0.2) is 0 Å². The molecule has 1 aliphatic rings. The lowest BCUT2D eigenvalue weighted by Crippen LogP contribution is -2.25. The quantitative estimate of drug-likeness (QED) is 0.785. The molecule has 1 aliphatic heterocycles. The fourth-order valence-electron chi connectivity index (χ4n) is 2.21. The van der Waals surface area contributed by atoms with Crippen molar-refractivity contribution in [3.8, 4) is 0 Å². The van der Waals surface area contributed by atoms with E-state index in [0.717, 1.165) is 35.5 Å². The molecule has 0 spiro atoms. The maximum atomic E-state index is 12.3. The Morgan fingerprint density at radius 1 is 1.38 bits per heavy atom. The first-order valence-electron chi connectivity index (χ1n) is 6.24. The molecule has 2 aromatic heterocycles. The molecule has 8 heteroatoms. The molecule has 6 nitrogen and oxygen atoms in total. The Bertz CT molecular complexity index is 629. The van der Waals surface area contributed by atoms with Crippen LogP contribution in [-0.2, 0) is 13.0 Å². The summed E-state index contributed by atoms with van der Waals surface area (Å²) in [6.45, 7) is 3.51. The third kappa shape index (κ3) is 3.53. The normalized spacial score (nSPS) is 12.6. The monoisotopic (exact) mass is 329 g/mol. The first-order valence-corrected chi connectivity index (χ1v) is 6.24. The molecule has 0 radical (unpaired) electrons. The number of aromatic nitrogens is 3. The fourth-order valence-corrected chi connectivity index (χ4v) is 2.21. The SMILES string of the molecule is Cc1cnccc1NC(=O)c1n[nH]c2c1CNCC2.Cl.Cl. The summed E-state index contributed by atoms with van der Waals surface area (Å²) in [7, 11) is 0. The van der Waals surface area contributed by atoms with E-state index in [0.29, 0.717) is 12.2 Å². The van der Waals surface area contributed by atoms with Crippen LogP contribution in [-0.4, -0.2) is 27.6 Å². The number of aromatic amines is 1. The summed E-state index contributed by atoms with van der Waals surface area (Å²) in [6.07, 6.45) is 4.26. The molecule has 0 saturated carbocycles. The lowest BCUT2D eigenvalue weighted by Gasteiger charge is -2.13. The minimum atomic E-state index is -0.185. The topological polar surface area (TPSA) is 82.7 Å². The zero-order valence-electron chi connectivity index (χ0n) is 11.5. The average molecular weight is 330 g/mol. The lowest BCUT2D eigenvalue weighted by molar-refractivity contribution is 0.102. The lowest BCUT2D eigenvalue weighted by atomic mass is 10.1.